The Morgan fingerprint density at radius 3 is 2.29 bits per heavy atom. The van der Waals surface area contributed by atoms with Gasteiger partial charge in [0, 0.05) is 18.0 Å². The first-order valence-corrected chi connectivity index (χ1v) is 12.7. The normalized spacial score (nSPS) is 19.4. The molecule has 2 unspecified atom stereocenters. The average Bonchev–Trinajstić information content (AvgIpc) is 3.41. The zero-order valence-electron chi connectivity index (χ0n) is 20.8. The number of ether oxygens (including phenoxy) is 2. The summed E-state index contributed by atoms with van der Waals surface area (Å²) in [6, 6.07) is 20.5. The van der Waals surface area contributed by atoms with Crippen LogP contribution in [-0.2, 0) is 9.47 Å². The number of amides is 1. The molecule has 1 fully saturated rings. The van der Waals surface area contributed by atoms with E-state index in [1.54, 1.807) is 11.0 Å². The van der Waals surface area contributed by atoms with E-state index >= 15 is 0 Å². The van der Waals surface area contributed by atoms with Crippen LogP contribution in [0.2, 0.25) is 0 Å². The zero-order chi connectivity index (χ0) is 26.4. The summed E-state index contributed by atoms with van der Waals surface area (Å²) in [6.07, 6.45) is 3.63. The molecule has 2 heterocycles. The number of nitrogens with zero attached hydrogens (tertiary/aromatic N) is 2. The Bertz CT molecular complexity index is 1450. The third kappa shape index (κ3) is 3.93. The third-order valence-electron chi connectivity index (χ3n) is 7.90. The molecule has 3 aromatic rings. The molecule has 0 radical (unpaired) electrons. The van der Waals surface area contributed by atoms with Crippen molar-refractivity contribution >= 4 is 23.3 Å². The molecule has 2 atom stereocenters. The molecule has 3 aliphatic rings. The van der Waals surface area contributed by atoms with Crippen LogP contribution in [0.3, 0.4) is 0 Å². The Balaban J connectivity index is 1.21. The second-order valence-electron chi connectivity index (χ2n) is 9.89. The topological polar surface area (TPSA) is 99.0 Å². The molecule has 192 valence electrons. The zero-order valence-corrected chi connectivity index (χ0v) is 20.8. The Kier molecular flexibility index (Phi) is 5.94. The fraction of sp³-hybridized carbons (Fsp3) is 0.267. The molecule has 6 rings (SSSR count). The van der Waals surface area contributed by atoms with Crippen molar-refractivity contribution in [3.63, 3.8) is 0 Å². The van der Waals surface area contributed by atoms with Gasteiger partial charge in [0.2, 0.25) is 0 Å². The van der Waals surface area contributed by atoms with Gasteiger partial charge in [-0.2, -0.15) is 0 Å². The monoisotopic (exact) mass is 510 g/mol. The molecule has 0 saturated carbocycles. The minimum atomic E-state index is -0.626. The predicted octanol–water partition coefficient (Wildman–Crippen LogP) is 5.95. The highest BCUT2D eigenvalue weighted by Crippen LogP contribution is 2.45. The SMILES string of the molecule is COC(=O)c1ccc(C2=CC3CCC(C2)N3C(=O)OCC2c3ccccc3-c3ccccc32)c([N+](=O)[O-])c1. The number of fused-ring (bicyclic) bond motifs is 5. The number of benzene rings is 3. The number of esters is 1. The number of hydrogen-bond donors (Lipinski definition) is 0. The fourth-order valence-electron chi connectivity index (χ4n) is 6.18. The molecule has 0 aromatic heterocycles. The van der Waals surface area contributed by atoms with Gasteiger partial charge in [-0.05, 0) is 59.2 Å². The number of hydrogen-bond acceptors (Lipinski definition) is 6. The first-order chi connectivity index (χ1) is 18.5. The van der Waals surface area contributed by atoms with Gasteiger partial charge in [-0.1, -0.05) is 54.6 Å². The van der Waals surface area contributed by atoms with E-state index in [9.17, 15) is 19.7 Å². The van der Waals surface area contributed by atoms with Crippen molar-refractivity contribution in [1.29, 1.82) is 0 Å². The lowest BCUT2D eigenvalue weighted by atomic mass is 9.93. The highest BCUT2D eigenvalue weighted by molar-refractivity contribution is 5.91. The van der Waals surface area contributed by atoms with Gasteiger partial charge in [0.05, 0.1) is 29.2 Å². The summed E-state index contributed by atoms with van der Waals surface area (Å²) in [5, 5.41) is 11.8. The third-order valence-corrected chi connectivity index (χ3v) is 7.90. The summed E-state index contributed by atoms with van der Waals surface area (Å²) in [5.74, 6) is -0.644. The van der Waals surface area contributed by atoms with Crippen LogP contribution in [0.1, 0.15) is 52.2 Å². The Hall–Kier alpha value is -4.46. The van der Waals surface area contributed by atoms with Crippen molar-refractivity contribution in [3.8, 4) is 11.1 Å². The van der Waals surface area contributed by atoms with Crippen LogP contribution in [-0.4, -0.2) is 47.7 Å². The molecule has 0 spiro atoms. The molecular formula is C30H26N2O6. The summed E-state index contributed by atoms with van der Waals surface area (Å²) < 4.78 is 10.6. The van der Waals surface area contributed by atoms with Crippen molar-refractivity contribution in [2.45, 2.75) is 37.3 Å². The standard InChI is InChI=1S/C30H26N2O6/c1-37-29(33)18-10-13-22(28(16-18)32(35)36)19-14-20-11-12-21(15-19)31(20)30(34)38-17-27-25-8-4-2-6-23(25)24-7-3-5-9-26(24)27/h2-10,13-14,16,20-21,27H,11-12,15,17H2,1H3. The molecule has 2 bridgehead atoms. The molecule has 2 aliphatic heterocycles. The van der Waals surface area contributed by atoms with Crippen molar-refractivity contribution in [1.82, 2.24) is 4.90 Å². The quantitative estimate of drug-likeness (QED) is 0.239. The minimum Gasteiger partial charge on any atom is -0.465 e. The largest absolute Gasteiger partial charge is 0.465 e. The van der Waals surface area contributed by atoms with Gasteiger partial charge in [-0.3, -0.25) is 15.0 Å². The maximum Gasteiger partial charge on any atom is 0.410 e. The maximum absolute atomic E-state index is 13.3. The van der Waals surface area contributed by atoms with Crippen LogP contribution in [0.25, 0.3) is 16.7 Å². The maximum atomic E-state index is 13.3. The number of carbonyl (C=O) groups excluding carboxylic acids is 2. The average molecular weight is 511 g/mol. The van der Waals surface area contributed by atoms with Gasteiger partial charge in [0.1, 0.15) is 6.61 Å². The van der Waals surface area contributed by atoms with E-state index in [0.29, 0.717) is 12.0 Å². The molecule has 1 amide bonds. The van der Waals surface area contributed by atoms with E-state index < -0.39 is 10.9 Å². The van der Waals surface area contributed by atoms with Crippen molar-refractivity contribution in [3.05, 3.63) is 105 Å². The Morgan fingerprint density at radius 1 is 0.974 bits per heavy atom. The second kappa shape index (κ2) is 9.45. The lowest BCUT2D eigenvalue weighted by Gasteiger charge is -2.33. The summed E-state index contributed by atoms with van der Waals surface area (Å²) in [6.45, 7) is 0.250. The van der Waals surface area contributed by atoms with E-state index in [0.717, 1.165) is 29.5 Å². The molecule has 1 aliphatic carbocycles. The van der Waals surface area contributed by atoms with Gasteiger partial charge in [-0.15, -0.1) is 0 Å². The van der Waals surface area contributed by atoms with Crippen LogP contribution in [0.15, 0.2) is 72.8 Å². The summed E-state index contributed by atoms with van der Waals surface area (Å²) in [5.41, 5.74) is 5.93. The lowest BCUT2D eigenvalue weighted by Crippen LogP contribution is -2.43. The summed E-state index contributed by atoms with van der Waals surface area (Å²) >= 11 is 0. The molecule has 38 heavy (non-hydrogen) atoms. The van der Waals surface area contributed by atoms with Crippen LogP contribution in [0.4, 0.5) is 10.5 Å². The second-order valence-corrected chi connectivity index (χ2v) is 9.89. The number of methoxy groups -OCH3 is 1. The van der Waals surface area contributed by atoms with E-state index in [4.69, 9.17) is 9.47 Å². The van der Waals surface area contributed by atoms with Crippen LogP contribution in [0, 0.1) is 10.1 Å². The van der Waals surface area contributed by atoms with E-state index in [-0.39, 0.29) is 42.0 Å². The molecule has 8 heteroatoms. The number of nitro benzene ring substituents is 1. The predicted molar refractivity (Wildman–Crippen MR) is 141 cm³/mol. The molecule has 3 aromatic carbocycles. The van der Waals surface area contributed by atoms with Gasteiger partial charge >= 0.3 is 12.1 Å². The van der Waals surface area contributed by atoms with Crippen LogP contribution >= 0.6 is 0 Å². The highest BCUT2D eigenvalue weighted by atomic mass is 16.6. The van der Waals surface area contributed by atoms with Crippen LogP contribution < -0.4 is 0 Å². The minimum absolute atomic E-state index is 0.0177. The fourth-order valence-corrected chi connectivity index (χ4v) is 6.18. The van der Waals surface area contributed by atoms with Crippen molar-refractivity contribution in [2.24, 2.45) is 0 Å². The van der Waals surface area contributed by atoms with E-state index in [1.807, 2.05) is 30.3 Å². The number of rotatable bonds is 5. The first-order valence-electron chi connectivity index (χ1n) is 12.7. The number of carbonyl (C=O) groups is 2. The Labute approximate surface area is 219 Å². The smallest absolute Gasteiger partial charge is 0.410 e. The number of nitro groups is 1. The molecule has 8 nitrogen and oxygen atoms in total. The van der Waals surface area contributed by atoms with Crippen molar-refractivity contribution < 1.29 is 24.0 Å². The highest BCUT2D eigenvalue weighted by Gasteiger charge is 2.42. The van der Waals surface area contributed by atoms with Crippen LogP contribution in [0.5, 0.6) is 0 Å². The molecule has 0 N–H and O–H groups in total. The van der Waals surface area contributed by atoms with Gasteiger partial charge in [-0.25, -0.2) is 9.59 Å². The summed E-state index contributed by atoms with van der Waals surface area (Å²) in [4.78, 5) is 38.3. The Morgan fingerprint density at radius 2 is 1.66 bits per heavy atom. The first kappa shape index (κ1) is 23.9. The van der Waals surface area contributed by atoms with Crippen molar-refractivity contribution in [2.75, 3.05) is 13.7 Å². The van der Waals surface area contributed by atoms with E-state index in [2.05, 4.69) is 24.3 Å². The van der Waals surface area contributed by atoms with Gasteiger partial charge < -0.3 is 9.47 Å². The lowest BCUT2D eigenvalue weighted by molar-refractivity contribution is -0.385. The molecule has 1 saturated heterocycles. The molecular weight excluding hydrogens is 484 g/mol. The summed E-state index contributed by atoms with van der Waals surface area (Å²) in [7, 11) is 1.24. The van der Waals surface area contributed by atoms with Gasteiger partial charge in [0.25, 0.3) is 5.69 Å². The van der Waals surface area contributed by atoms with Gasteiger partial charge in [0.15, 0.2) is 0 Å². The van der Waals surface area contributed by atoms with E-state index in [1.165, 1.54) is 30.4 Å².